The van der Waals surface area contributed by atoms with E-state index in [-0.39, 0.29) is 18.1 Å². The van der Waals surface area contributed by atoms with Gasteiger partial charge in [0.15, 0.2) is 5.78 Å². The van der Waals surface area contributed by atoms with Gasteiger partial charge in [0.1, 0.15) is 5.75 Å². The highest BCUT2D eigenvalue weighted by atomic mass is 16.3. The number of carbonyl (C=O) groups is 1. The summed E-state index contributed by atoms with van der Waals surface area (Å²) in [6, 6.07) is 5.71. The first-order chi connectivity index (χ1) is 9.13. The highest BCUT2D eigenvalue weighted by Crippen LogP contribution is 2.32. The molecule has 0 radical (unpaired) electrons. The summed E-state index contributed by atoms with van der Waals surface area (Å²) in [4.78, 5) is 13.5. The summed E-state index contributed by atoms with van der Waals surface area (Å²) in [7, 11) is 0. The van der Waals surface area contributed by atoms with E-state index in [2.05, 4.69) is 4.90 Å². The topological polar surface area (TPSA) is 60.8 Å². The summed E-state index contributed by atoms with van der Waals surface area (Å²) in [6.45, 7) is 2.39. The van der Waals surface area contributed by atoms with Gasteiger partial charge in [-0.15, -0.1) is 0 Å². The number of aliphatic hydroxyl groups excluding tert-OH is 1. The van der Waals surface area contributed by atoms with E-state index < -0.39 is 0 Å². The van der Waals surface area contributed by atoms with Crippen LogP contribution in [0.2, 0.25) is 0 Å². The fourth-order valence-electron chi connectivity index (χ4n) is 2.46. The Bertz CT molecular complexity index is 455. The monoisotopic (exact) mass is 263 g/mol. The van der Waals surface area contributed by atoms with Gasteiger partial charge in [-0.2, -0.15) is 0 Å². The molecule has 0 atom stereocenters. The minimum absolute atomic E-state index is 0.0401. The molecule has 2 N–H and O–H groups in total. The summed E-state index contributed by atoms with van der Waals surface area (Å²) < 4.78 is 0. The number of aliphatic hydroxyl groups is 1. The van der Waals surface area contributed by atoms with Crippen LogP contribution in [0.15, 0.2) is 18.2 Å². The van der Waals surface area contributed by atoms with Crippen molar-refractivity contribution in [3.8, 4) is 5.75 Å². The lowest BCUT2D eigenvalue weighted by molar-refractivity contribution is 0.101. The molecule has 1 fully saturated rings. The summed E-state index contributed by atoms with van der Waals surface area (Å²) in [6.07, 6.45) is 4.25. The van der Waals surface area contributed by atoms with Crippen LogP contribution < -0.4 is 4.90 Å². The first-order valence-electron chi connectivity index (χ1n) is 6.85. The van der Waals surface area contributed by atoms with Crippen LogP contribution in [0.1, 0.15) is 43.0 Å². The number of phenolic OH excluding ortho intramolecular Hbond substituents is 1. The van der Waals surface area contributed by atoms with Gasteiger partial charge < -0.3 is 15.1 Å². The van der Waals surface area contributed by atoms with E-state index in [1.54, 1.807) is 12.1 Å². The molecule has 0 aromatic heterocycles. The normalized spacial score (nSPS) is 15.1. The van der Waals surface area contributed by atoms with Crippen LogP contribution in [0.25, 0.3) is 0 Å². The lowest BCUT2D eigenvalue weighted by Crippen LogP contribution is -2.41. The summed E-state index contributed by atoms with van der Waals surface area (Å²) in [5.41, 5.74) is 1.29. The third-order valence-electron chi connectivity index (χ3n) is 3.76. The summed E-state index contributed by atoms with van der Waals surface area (Å²) >= 11 is 0. The smallest absolute Gasteiger partial charge is 0.163 e. The van der Waals surface area contributed by atoms with Gasteiger partial charge in [0.2, 0.25) is 0 Å². The van der Waals surface area contributed by atoms with Gasteiger partial charge in [0, 0.05) is 30.9 Å². The molecule has 1 aromatic carbocycles. The van der Waals surface area contributed by atoms with Crippen molar-refractivity contribution in [2.75, 3.05) is 18.1 Å². The molecule has 0 aliphatic heterocycles. The van der Waals surface area contributed by atoms with E-state index in [4.69, 9.17) is 5.11 Å². The van der Waals surface area contributed by atoms with Crippen LogP contribution in [0.5, 0.6) is 5.75 Å². The Hall–Kier alpha value is -1.55. The second kappa shape index (κ2) is 6.06. The number of benzene rings is 1. The molecule has 104 valence electrons. The predicted octanol–water partition coefficient (Wildman–Crippen LogP) is 2.34. The van der Waals surface area contributed by atoms with E-state index in [0.717, 1.165) is 25.1 Å². The Balaban J connectivity index is 2.20. The van der Waals surface area contributed by atoms with Crippen molar-refractivity contribution in [1.29, 1.82) is 0 Å². The molecule has 1 aromatic rings. The number of phenols is 1. The average molecular weight is 263 g/mol. The molecule has 0 bridgehead atoms. The maximum absolute atomic E-state index is 11.3. The van der Waals surface area contributed by atoms with Crippen LogP contribution in [-0.4, -0.2) is 35.2 Å². The van der Waals surface area contributed by atoms with Crippen LogP contribution in [-0.2, 0) is 0 Å². The number of Topliss-reactive ketones (excluding diaryl/α,β-unsaturated/α-hetero) is 1. The zero-order valence-corrected chi connectivity index (χ0v) is 11.3. The second-order valence-electron chi connectivity index (χ2n) is 5.11. The number of nitrogens with zero attached hydrogens (tertiary/aromatic N) is 1. The SMILES string of the molecule is CC(=O)c1ccc(N(CCCO)C2CCC2)cc1O. The largest absolute Gasteiger partial charge is 0.507 e. The maximum Gasteiger partial charge on any atom is 0.163 e. The molecule has 0 heterocycles. The van der Waals surface area contributed by atoms with E-state index >= 15 is 0 Å². The van der Waals surface area contributed by atoms with Gasteiger partial charge >= 0.3 is 0 Å². The van der Waals surface area contributed by atoms with Crippen LogP contribution in [0, 0.1) is 0 Å². The number of anilines is 1. The van der Waals surface area contributed by atoms with Crippen LogP contribution in [0.4, 0.5) is 5.69 Å². The molecule has 4 heteroatoms. The summed E-state index contributed by atoms with van der Waals surface area (Å²) in [5.74, 6) is -0.0899. The Morgan fingerprint density at radius 1 is 1.42 bits per heavy atom. The number of aromatic hydroxyl groups is 1. The van der Waals surface area contributed by atoms with E-state index in [1.807, 2.05) is 6.07 Å². The highest BCUT2D eigenvalue weighted by molar-refractivity contribution is 5.97. The maximum atomic E-state index is 11.3. The van der Waals surface area contributed by atoms with Gasteiger partial charge in [-0.1, -0.05) is 0 Å². The fourth-order valence-corrected chi connectivity index (χ4v) is 2.46. The van der Waals surface area contributed by atoms with E-state index in [0.29, 0.717) is 18.0 Å². The Labute approximate surface area is 113 Å². The van der Waals surface area contributed by atoms with Crippen molar-refractivity contribution < 1.29 is 15.0 Å². The second-order valence-corrected chi connectivity index (χ2v) is 5.11. The zero-order chi connectivity index (χ0) is 13.8. The minimum Gasteiger partial charge on any atom is -0.507 e. The van der Waals surface area contributed by atoms with Crippen molar-refractivity contribution in [3.05, 3.63) is 23.8 Å². The number of ketones is 1. The predicted molar refractivity (Wildman–Crippen MR) is 74.8 cm³/mol. The van der Waals surface area contributed by atoms with Crippen molar-refractivity contribution in [2.24, 2.45) is 0 Å². The van der Waals surface area contributed by atoms with Crippen LogP contribution >= 0.6 is 0 Å². The fraction of sp³-hybridized carbons (Fsp3) is 0.533. The lowest BCUT2D eigenvalue weighted by atomic mass is 9.90. The highest BCUT2D eigenvalue weighted by Gasteiger charge is 2.25. The van der Waals surface area contributed by atoms with Gasteiger partial charge in [-0.3, -0.25) is 4.79 Å². The number of carbonyl (C=O) groups excluding carboxylic acids is 1. The van der Waals surface area contributed by atoms with Gasteiger partial charge in [0.25, 0.3) is 0 Å². The minimum atomic E-state index is -0.130. The number of rotatable bonds is 6. The lowest BCUT2D eigenvalue weighted by Gasteiger charge is -2.39. The molecule has 0 saturated heterocycles. The van der Waals surface area contributed by atoms with Gasteiger partial charge in [0.05, 0.1) is 5.56 Å². The molecule has 2 rings (SSSR count). The van der Waals surface area contributed by atoms with Crippen molar-refractivity contribution >= 4 is 11.5 Å². The molecule has 1 aliphatic carbocycles. The Morgan fingerprint density at radius 2 is 2.16 bits per heavy atom. The quantitative estimate of drug-likeness (QED) is 0.773. The standard InChI is InChI=1S/C15H21NO3/c1-11(18)14-7-6-13(10-15(14)19)16(8-3-9-17)12-4-2-5-12/h6-7,10,12,17,19H,2-5,8-9H2,1H3. The first kappa shape index (κ1) is 13.9. The Morgan fingerprint density at radius 3 is 2.63 bits per heavy atom. The third kappa shape index (κ3) is 3.07. The molecule has 1 aliphatic rings. The van der Waals surface area contributed by atoms with Crippen molar-refractivity contribution in [1.82, 2.24) is 0 Å². The molecule has 1 saturated carbocycles. The molecule has 0 amide bonds. The molecular weight excluding hydrogens is 242 g/mol. The molecule has 0 spiro atoms. The molecule has 19 heavy (non-hydrogen) atoms. The van der Waals surface area contributed by atoms with Crippen LogP contribution in [0.3, 0.4) is 0 Å². The summed E-state index contributed by atoms with van der Waals surface area (Å²) in [5, 5.41) is 18.9. The zero-order valence-electron chi connectivity index (χ0n) is 11.3. The van der Waals surface area contributed by atoms with Crippen molar-refractivity contribution in [2.45, 2.75) is 38.6 Å². The Kier molecular flexibility index (Phi) is 4.43. The number of hydrogen-bond acceptors (Lipinski definition) is 4. The van der Waals surface area contributed by atoms with Gasteiger partial charge in [-0.05, 0) is 44.7 Å². The first-order valence-corrected chi connectivity index (χ1v) is 6.85. The van der Waals surface area contributed by atoms with E-state index in [1.165, 1.54) is 13.3 Å². The molecule has 4 nitrogen and oxygen atoms in total. The molecule has 0 unspecified atom stereocenters. The average Bonchev–Trinajstić information content (AvgIpc) is 2.31. The molecular formula is C15H21NO3. The van der Waals surface area contributed by atoms with Gasteiger partial charge in [-0.25, -0.2) is 0 Å². The number of hydrogen-bond donors (Lipinski definition) is 2. The van der Waals surface area contributed by atoms with E-state index in [9.17, 15) is 9.90 Å². The van der Waals surface area contributed by atoms with Crippen molar-refractivity contribution in [3.63, 3.8) is 0 Å². The third-order valence-corrected chi connectivity index (χ3v) is 3.76.